The Morgan fingerprint density at radius 3 is 2.47 bits per heavy atom. The Balaban J connectivity index is 2.15. The lowest BCUT2D eigenvalue weighted by molar-refractivity contribution is -0.141. The van der Waals surface area contributed by atoms with Gasteiger partial charge in [-0.05, 0) is 19.8 Å². The van der Waals surface area contributed by atoms with Crippen LogP contribution in [0.3, 0.4) is 0 Å². The number of carbonyl (C=O) groups is 1. The zero-order chi connectivity index (χ0) is 12.9. The largest absolute Gasteiger partial charge is 0.391 e. The van der Waals surface area contributed by atoms with Gasteiger partial charge in [-0.3, -0.25) is 4.79 Å². The molecule has 1 saturated carbocycles. The van der Waals surface area contributed by atoms with E-state index in [1.807, 2.05) is 0 Å². The van der Waals surface area contributed by atoms with Gasteiger partial charge < -0.3 is 10.6 Å². The predicted octanol–water partition coefficient (Wildman–Crippen LogP) is 1.98. The number of hydrogen-bond acceptors (Lipinski definition) is 2. The second-order valence-corrected chi connectivity index (χ2v) is 4.65. The van der Waals surface area contributed by atoms with E-state index < -0.39 is 18.6 Å². The third-order valence-electron chi connectivity index (χ3n) is 2.85. The van der Waals surface area contributed by atoms with Crippen molar-refractivity contribution in [1.82, 2.24) is 10.6 Å². The molecule has 0 heterocycles. The number of halogens is 3. The van der Waals surface area contributed by atoms with Crippen molar-refractivity contribution in [3.05, 3.63) is 0 Å². The van der Waals surface area contributed by atoms with E-state index >= 15 is 0 Å². The van der Waals surface area contributed by atoms with Crippen molar-refractivity contribution in [2.75, 3.05) is 6.54 Å². The van der Waals surface area contributed by atoms with E-state index in [2.05, 4.69) is 10.6 Å². The normalized spacial score (nSPS) is 19.3. The van der Waals surface area contributed by atoms with E-state index in [9.17, 15) is 18.0 Å². The molecular weight excluding hydrogens is 233 g/mol. The summed E-state index contributed by atoms with van der Waals surface area (Å²) in [6.45, 7) is 1.47. The van der Waals surface area contributed by atoms with Crippen LogP contribution >= 0.6 is 0 Å². The number of carbonyl (C=O) groups excluding carboxylic acids is 1. The highest BCUT2D eigenvalue weighted by Crippen LogP contribution is 2.21. The average Bonchev–Trinajstić information content (AvgIpc) is 2.63. The molecule has 0 radical (unpaired) electrons. The lowest BCUT2D eigenvalue weighted by Crippen LogP contribution is -2.42. The van der Waals surface area contributed by atoms with Crippen molar-refractivity contribution in [2.24, 2.45) is 0 Å². The molecule has 1 amide bonds. The molecule has 0 aliphatic heterocycles. The maximum Gasteiger partial charge on any atom is 0.391 e. The molecule has 17 heavy (non-hydrogen) atoms. The summed E-state index contributed by atoms with van der Waals surface area (Å²) in [4.78, 5) is 11.4. The monoisotopic (exact) mass is 252 g/mol. The maximum absolute atomic E-state index is 12.0. The van der Waals surface area contributed by atoms with Crippen LogP contribution in [0.1, 0.15) is 39.0 Å². The average molecular weight is 252 g/mol. The number of alkyl halides is 3. The number of amides is 1. The van der Waals surface area contributed by atoms with E-state index in [0.29, 0.717) is 6.04 Å². The zero-order valence-corrected chi connectivity index (χ0v) is 9.94. The van der Waals surface area contributed by atoms with Gasteiger partial charge in [0.2, 0.25) is 5.91 Å². The molecule has 100 valence electrons. The van der Waals surface area contributed by atoms with Crippen LogP contribution in [0.4, 0.5) is 13.2 Å². The summed E-state index contributed by atoms with van der Waals surface area (Å²) < 4.78 is 36.1. The van der Waals surface area contributed by atoms with Gasteiger partial charge >= 0.3 is 6.18 Å². The van der Waals surface area contributed by atoms with Crippen LogP contribution in [0.2, 0.25) is 0 Å². The molecule has 6 heteroatoms. The van der Waals surface area contributed by atoms with Crippen LogP contribution in [-0.4, -0.2) is 30.7 Å². The fourth-order valence-corrected chi connectivity index (χ4v) is 2.09. The molecule has 1 unspecified atom stereocenters. The van der Waals surface area contributed by atoms with Crippen molar-refractivity contribution in [3.63, 3.8) is 0 Å². The SMILES string of the molecule is CC(CC(F)(F)F)NC(=O)CNC1CCCC1. The van der Waals surface area contributed by atoms with Gasteiger partial charge in [0.05, 0.1) is 13.0 Å². The zero-order valence-electron chi connectivity index (χ0n) is 9.94. The van der Waals surface area contributed by atoms with Gasteiger partial charge in [-0.25, -0.2) is 0 Å². The van der Waals surface area contributed by atoms with Crippen molar-refractivity contribution >= 4 is 5.91 Å². The van der Waals surface area contributed by atoms with E-state index in [4.69, 9.17) is 0 Å². The Morgan fingerprint density at radius 1 is 1.35 bits per heavy atom. The molecule has 0 spiro atoms. The fraction of sp³-hybridized carbons (Fsp3) is 0.909. The molecule has 0 aromatic heterocycles. The van der Waals surface area contributed by atoms with Crippen molar-refractivity contribution in [1.29, 1.82) is 0 Å². The Morgan fingerprint density at radius 2 is 1.94 bits per heavy atom. The van der Waals surface area contributed by atoms with Crippen LogP contribution in [0.15, 0.2) is 0 Å². The molecule has 1 fully saturated rings. The second-order valence-electron chi connectivity index (χ2n) is 4.65. The van der Waals surface area contributed by atoms with Gasteiger partial charge in [-0.1, -0.05) is 12.8 Å². The number of nitrogens with one attached hydrogen (secondary N) is 2. The molecule has 1 rings (SSSR count). The van der Waals surface area contributed by atoms with Gasteiger partial charge in [0.1, 0.15) is 0 Å². The van der Waals surface area contributed by atoms with Gasteiger partial charge in [-0.2, -0.15) is 13.2 Å². The molecule has 0 aromatic carbocycles. The molecule has 1 aliphatic carbocycles. The highest BCUT2D eigenvalue weighted by Gasteiger charge is 2.30. The number of rotatable bonds is 5. The van der Waals surface area contributed by atoms with Crippen LogP contribution in [0, 0.1) is 0 Å². The fourth-order valence-electron chi connectivity index (χ4n) is 2.09. The first-order valence-corrected chi connectivity index (χ1v) is 5.96. The Bertz CT molecular complexity index is 250. The van der Waals surface area contributed by atoms with Crippen molar-refractivity contribution < 1.29 is 18.0 Å². The van der Waals surface area contributed by atoms with Crippen LogP contribution in [0.5, 0.6) is 0 Å². The van der Waals surface area contributed by atoms with E-state index in [1.54, 1.807) is 0 Å². The molecule has 0 bridgehead atoms. The summed E-state index contributed by atoms with van der Waals surface area (Å²) in [5, 5.41) is 5.40. The first-order chi connectivity index (χ1) is 7.87. The molecule has 1 atom stereocenters. The third-order valence-corrected chi connectivity index (χ3v) is 2.85. The molecule has 0 aromatic rings. The summed E-state index contributed by atoms with van der Waals surface area (Å²) >= 11 is 0. The Kier molecular flexibility index (Phi) is 5.24. The highest BCUT2D eigenvalue weighted by molar-refractivity contribution is 5.78. The highest BCUT2D eigenvalue weighted by atomic mass is 19.4. The first kappa shape index (κ1) is 14.3. The molecular formula is C11H19F3N2O. The molecule has 0 saturated heterocycles. The number of hydrogen-bond donors (Lipinski definition) is 2. The molecule has 3 nitrogen and oxygen atoms in total. The minimum absolute atomic E-state index is 0.104. The van der Waals surface area contributed by atoms with Crippen LogP contribution in [-0.2, 0) is 4.79 Å². The van der Waals surface area contributed by atoms with Crippen molar-refractivity contribution in [3.8, 4) is 0 Å². The standard InChI is InChI=1S/C11H19F3N2O/c1-8(6-11(12,13)14)16-10(17)7-15-9-4-2-3-5-9/h8-9,15H,2-7H2,1H3,(H,16,17). The summed E-state index contributed by atoms with van der Waals surface area (Å²) in [7, 11) is 0. The predicted molar refractivity (Wildman–Crippen MR) is 58.5 cm³/mol. The van der Waals surface area contributed by atoms with Crippen LogP contribution < -0.4 is 10.6 Å². The first-order valence-electron chi connectivity index (χ1n) is 5.96. The minimum Gasteiger partial charge on any atom is -0.352 e. The van der Waals surface area contributed by atoms with Crippen molar-refractivity contribution in [2.45, 2.75) is 57.3 Å². The topological polar surface area (TPSA) is 41.1 Å². The van der Waals surface area contributed by atoms with Gasteiger partial charge in [0.15, 0.2) is 0 Å². The Hall–Kier alpha value is -0.780. The lowest BCUT2D eigenvalue weighted by atomic mass is 10.2. The maximum atomic E-state index is 12.0. The smallest absolute Gasteiger partial charge is 0.352 e. The van der Waals surface area contributed by atoms with Crippen LogP contribution in [0.25, 0.3) is 0 Å². The lowest BCUT2D eigenvalue weighted by Gasteiger charge is -2.17. The quantitative estimate of drug-likeness (QED) is 0.785. The molecule has 2 N–H and O–H groups in total. The van der Waals surface area contributed by atoms with E-state index in [-0.39, 0.29) is 12.5 Å². The van der Waals surface area contributed by atoms with Gasteiger partial charge in [-0.15, -0.1) is 0 Å². The summed E-state index contributed by atoms with van der Waals surface area (Å²) in [6, 6.07) is -0.522. The Labute approximate surface area is 99.1 Å². The van der Waals surface area contributed by atoms with E-state index in [0.717, 1.165) is 25.7 Å². The summed E-state index contributed by atoms with van der Waals surface area (Å²) in [5.41, 5.74) is 0. The van der Waals surface area contributed by atoms with Gasteiger partial charge in [0, 0.05) is 12.1 Å². The second kappa shape index (κ2) is 6.23. The van der Waals surface area contributed by atoms with Gasteiger partial charge in [0.25, 0.3) is 0 Å². The summed E-state index contributed by atoms with van der Waals surface area (Å²) in [5.74, 6) is -0.367. The minimum atomic E-state index is -4.23. The third kappa shape index (κ3) is 6.51. The van der Waals surface area contributed by atoms with E-state index in [1.165, 1.54) is 6.92 Å². The summed E-state index contributed by atoms with van der Waals surface area (Å²) in [6.07, 6.45) is -0.807. The molecule has 1 aliphatic rings.